The molecule has 0 bridgehead atoms. The van der Waals surface area contributed by atoms with Crippen LogP contribution in [0.2, 0.25) is 0 Å². The van der Waals surface area contributed by atoms with E-state index in [4.69, 9.17) is 4.42 Å². The number of para-hydroxylation sites is 2. The number of halogens is 1. The second-order valence-corrected chi connectivity index (χ2v) is 10.2. The predicted octanol–water partition coefficient (Wildman–Crippen LogP) is 9.64. The second-order valence-electron chi connectivity index (χ2n) is 9.38. The Morgan fingerprint density at radius 3 is 2.16 bits per heavy atom. The molecule has 37 heavy (non-hydrogen) atoms. The minimum atomic E-state index is 0.920. The van der Waals surface area contributed by atoms with Crippen LogP contribution in [0.3, 0.4) is 0 Å². The van der Waals surface area contributed by atoms with Crippen molar-refractivity contribution < 1.29 is 4.42 Å². The highest BCUT2D eigenvalue weighted by Gasteiger charge is 2.14. The Bertz CT molecular complexity index is 2150. The van der Waals surface area contributed by atoms with Crippen LogP contribution in [-0.4, -0.2) is 9.38 Å². The molecule has 0 N–H and O–H groups in total. The maximum absolute atomic E-state index is 6.27. The van der Waals surface area contributed by atoms with Gasteiger partial charge in [-0.25, -0.2) is 4.98 Å². The fourth-order valence-corrected chi connectivity index (χ4v) is 6.07. The van der Waals surface area contributed by atoms with E-state index in [1.54, 1.807) is 0 Å². The number of hydrogen-bond acceptors (Lipinski definition) is 2. The Labute approximate surface area is 220 Å². The van der Waals surface area contributed by atoms with Gasteiger partial charge in [-0.2, -0.15) is 0 Å². The molecule has 0 saturated carbocycles. The number of nitrogens with zero attached hydrogens (tertiary/aromatic N) is 2. The molecule has 174 valence electrons. The molecule has 0 amide bonds. The first-order valence-electron chi connectivity index (χ1n) is 12.2. The molecule has 0 aliphatic heterocycles. The topological polar surface area (TPSA) is 30.4 Å². The van der Waals surface area contributed by atoms with Crippen molar-refractivity contribution in [3.05, 3.63) is 120 Å². The van der Waals surface area contributed by atoms with Gasteiger partial charge >= 0.3 is 0 Å². The van der Waals surface area contributed by atoms with Crippen LogP contribution < -0.4 is 0 Å². The SMILES string of the molecule is Brc1cnc2c3ccccc3c3cc(-c4ccc(-c5cccc6c5oc5ccccc56)cc4)ccc3n12. The summed E-state index contributed by atoms with van der Waals surface area (Å²) in [5.41, 5.74) is 8.56. The zero-order valence-electron chi connectivity index (χ0n) is 19.7. The number of hydrogen-bond donors (Lipinski definition) is 0. The minimum absolute atomic E-state index is 0.920. The summed E-state index contributed by atoms with van der Waals surface area (Å²) in [5.74, 6) is 0. The minimum Gasteiger partial charge on any atom is -0.455 e. The molecule has 3 heterocycles. The van der Waals surface area contributed by atoms with Crippen LogP contribution >= 0.6 is 15.9 Å². The van der Waals surface area contributed by atoms with Crippen LogP contribution in [0.15, 0.2) is 124 Å². The van der Waals surface area contributed by atoms with E-state index in [-0.39, 0.29) is 0 Å². The molecule has 0 aliphatic carbocycles. The van der Waals surface area contributed by atoms with Crippen LogP contribution in [0.5, 0.6) is 0 Å². The van der Waals surface area contributed by atoms with Gasteiger partial charge in [-0.3, -0.25) is 4.40 Å². The van der Waals surface area contributed by atoms with E-state index in [1.807, 2.05) is 18.3 Å². The van der Waals surface area contributed by atoms with Gasteiger partial charge in [-0.05, 0) is 56.2 Å². The lowest BCUT2D eigenvalue weighted by Gasteiger charge is -2.11. The molecule has 0 fully saturated rings. The van der Waals surface area contributed by atoms with Crippen LogP contribution in [0.25, 0.3) is 71.5 Å². The van der Waals surface area contributed by atoms with Crippen molar-refractivity contribution in [2.75, 3.05) is 0 Å². The zero-order valence-corrected chi connectivity index (χ0v) is 21.2. The monoisotopic (exact) mass is 538 g/mol. The molecule has 0 spiro atoms. The Kier molecular flexibility index (Phi) is 4.37. The van der Waals surface area contributed by atoms with E-state index in [2.05, 4.69) is 122 Å². The maximum Gasteiger partial charge on any atom is 0.146 e. The fourth-order valence-electron chi connectivity index (χ4n) is 5.61. The van der Waals surface area contributed by atoms with E-state index in [9.17, 15) is 0 Å². The summed E-state index contributed by atoms with van der Waals surface area (Å²) in [7, 11) is 0. The lowest BCUT2D eigenvalue weighted by atomic mass is 9.97. The third kappa shape index (κ3) is 3.03. The molecule has 4 heteroatoms. The summed E-state index contributed by atoms with van der Waals surface area (Å²) >= 11 is 3.69. The van der Waals surface area contributed by atoms with Gasteiger partial charge in [0.1, 0.15) is 21.4 Å². The molecular weight excluding hydrogens is 520 g/mol. The van der Waals surface area contributed by atoms with Gasteiger partial charge in [0, 0.05) is 27.1 Å². The van der Waals surface area contributed by atoms with E-state index >= 15 is 0 Å². The number of fused-ring (bicyclic) bond motifs is 9. The van der Waals surface area contributed by atoms with Crippen molar-refractivity contribution in [1.29, 1.82) is 0 Å². The Hall–Kier alpha value is -4.41. The summed E-state index contributed by atoms with van der Waals surface area (Å²) in [5, 5.41) is 5.86. The van der Waals surface area contributed by atoms with Crippen molar-refractivity contribution in [3.63, 3.8) is 0 Å². The van der Waals surface area contributed by atoms with Crippen molar-refractivity contribution >= 4 is 65.2 Å². The summed E-state index contributed by atoms with van der Waals surface area (Å²) in [6.45, 7) is 0. The van der Waals surface area contributed by atoms with E-state index in [0.29, 0.717) is 0 Å². The van der Waals surface area contributed by atoms with Crippen molar-refractivity contribution in [2.24, 2.45) is 0 Å². The normalized spacial score (nSPS) is 11.9. The van der Waals surface area contributed by atoms with E-state index < -0.39 is 0 Å². The molecule has 5 aromatic carbocycles. The first-order valence-corrected chi connectivity index (χ1v) is 13.0. The molecule has 3 nitrogen and oxygen atoms in total. The van der Waals surface area contributed by atoms with E-state index in [0.717, 1.165) is 54.2 Å². The number of pyridine rings is 1. The Morgan fingerprint density at radius 1 is 0.595 bits per heavy atom. The maximum atomic E-state index is 6.27. The van der Waals surface area contributed by atoms with Gasteiger partial charge < -0.3 is 4.42 Å². The fraction of sp³-hybridized carbons (Fsp3) is 0. The summed E-state index contributed by atoms with van der Waals surface area (Å²) < 4.78 is 9.40. The number of rotatable bonds is 2. The molecule has 8 aromatic rings. The molecule has 0 aliphatic rings. The van der Waals surface area contributed by atoms with Gasteiger partial charge in [0.25, 0.3) is 0 Å². The van der Waals surface area contributed by atoms with Gasteiger partial charge in [0.2, 0.25) is 0 Å². The highest BCUT2D eigenvalue weighted by molar-refractivity contribution is 9.10. The third-order valence-electron chi connectivity index (χ3n) is 7.35. The zero-order chi connectivity index (χ0) is 24.5. The second kappa shape index (κ2) is 7.79. The number of furan rings is 1. The summed E-state index contributed by atoms with van der Waals surface area (Å²) in [4.78, 5) is 4.66. The molecule has 3 aromatic heterocycles. The van der Waals surface area contributed by atoms with Crippen molar-refractivity contribution in [2.45, 2.75) is 0 Å². The first-order chi connectivity index (χ1) is 18.3. The molecule has 0 atom stereocenters. The highest BCUT2D eigenvalue weighted by atomic mass is 79.9. The van der Waals surface area contributed by atoms with Crippen molar-refractivity contribution in [3.8, 4) is 22.3 Å². The smallest absolute Gasteiger partial charge is 0.146 e. The predicted molar refractivity (Wildman–Crippen MR) is 156 cm³/mol. The van der Waals surface area contributed by atoms with Gasteiger partial charge in [-0.1, -0.05) is 91.0 Å². The average Bonchev–Trinajstić information content (AvgIpc) is 3.54. The first kappa shape index (κ1) is 20.7. The van der Waals surface area contributed by atoms with Gasteiger partial charge in [-0.15, -0.1) is 0 Å². The van der Waals surface area contributed by atoms with Crippen LogP contribution in [0, 0.1) is 0 Å². The summed E-state index contributed by atoms with van der Waals surface area (Å²) in [6, 6.07) is 38.5. The Morgan fingerprint density at radius 2 is 1.30 bits per heavy atom. The molecule has 8 rings (SSSR count). The third-order valence-corrected chi connectivity index (χ3v) is 7.91. The van der Waals surface area contributed by atoms with Crippen molar-refractivity contribution in [1.82, 2.24) is 9.38 Å². The quantitative estimate of drug-likeness (QED) is 0.205. The molecule has 0 saturated heterocycles. The van der Waals surface area contributed by atoms with Gasteiger partial charge in [0.15, 0.2) is 0 Å². The number of benzene rings is 5. The van der Waals surface area contributed by atoms with Crippen LogP contribution in [-0.2, 0) is 0 Å². The lowest BCUT2D eigenvalue weighted by molar-refractivity contribution is 0.670. The molecule has 0 radical (unpaired) electrons. The van der Waals surface area contributed by atoms with E-state index in [1.165, 1.54) is 21.9 Å². The average molecular weight is 539 g/mol. The molecule has 0 unspecified atom stereocenters. The van der Waals surface area contributed by atoms with Gasteiger partial charge in [0.05, 0.1) is 11.7 Å². The lowest BCUT2D eigenvalue weighted by Crippen LogP contribution is -1.92. The molecular formula is C33H19BrN2O. The Balaban J connectivity index is 1.28. The highest BCUT2D eigenvalue weighted by Crippen LogP contribution is 2.37. The number of imidazole rings is 1. The number of aromatic nitrogens is 2. The van der Waals surface area contributed by atoms with Crippen LogP contribution in [0.1, 0.15) is 0 Å². The van der Waals surface area contributed by atoms with Crippen LogP contribution in [0.4, 0.5) is 0 Å². The standard InChI is InChI=1S/C33H19BrN2O/c34-31-19-35-33-27-8-2-1-6-24(27)28-18-22(16-17-29(28)36(31)33)20-12-14-21(15-13-20)23-9-5-10-26-25-7-3-4-11-30(25)37-32(23)26/h1-19H. The largest absolute Gasteiger partial charge is 0.455 e. The summed E-state index contributed by atoms with van der Waals surface area (Å²) in [6.07, 6.45) is 1.87.